The van der Waals surface area contributed by atoms with Crippen LogP contribution in [0.3, 0.4) is 0 Å². The van der Waals surface area contributed by atoms with Crippen molar-refractivity contribution in [3.05, 3.63) is 42.2 Å². The first-order valence-electron chi connectivity index (χ1n) is 8.92. The van der Waals surface area contributed by atoms with Gasteiger partial charge in [-0.25, -0.2) is 4.98 Å². The van der Waals surface area contributed by atoms with Gasteiger partial charge in [-0.2, -0.15) is 4.52 Å². The van der Waals surface area contributed by atoms with Crippen LogP contribution in [0.2, 0.25) is 0 Å². The average molecular weight is 348 g/mol. The third kappa shape index (κ3) is 2.54. The second-order valence-corrected chi connectivity index (χ2v) is 6.61. The van der Waals surface area contributed by atoms with Crippen LogP contribution in [-0.4, -0.2) is 56.0 Å². The Balaban J connectivity index is 1.38. The summed E-state index contributed by atoms with van der Waals surface area (Å²) in [4.78, 5) is 12.8. The summed E-state index contributed by atoms with van der Waals surface area (Å²) >= 11 is 0. The molecule has 8 nitrogen and oxygen atoms in total. The van der Waals surface area contributed by atoms with Crippen LogP contribution in [0.25, 0.3) is 16.7 Å². The minimum Gasteiger partial charge on any atom is -0.353 e. The molecule has 0 unspecified atom stereocenters. The van der Waals surface area contributed by atoms with E-state index in [-0.39, 0.29) is 0 Å². The van der Waals surface area contributed by atoms with Crippen molar-refractivity contribution in [3.63, 3.8) is 0 Å². The minimum absolute atomic E-state index is 0.782. The van der Waals surface area contributed by atoms with Crippen LogP contribution < -0.4 is 9.80 Å². The monoisotopic (exact) mass is 348 g/mol. The van der Waals surface area contributed by atoms with Crippen LogP contribution in [-0.2, 0) is 0 Å². The van der Waals surface area contributed by atoms with Crippen molar-refractivity contribution in [3.8, 4) is 0 Å². The Morgan fingerprint density at radius 3 is 2.69 bits per heavy atom. The maximum atomic E-state index is 4.74. The van der Waals surface area contributed by atoms with E-state index in [4.69, 9.17) is 10.1 Å². The molecule has 1 aliphatic rings. The van der Waals surface area contributed by atoms with E-state index in [2.05, 4.69) is 31.0 Å². The third-order valence-corrected chi connectivity index (χ3v) is 4.90. The van der Waals surface area contributed by atoms with Gasteiger partial charge in [0.25, 0.3) is 0 Å². The fraction of sp³-hybridized carbons (Fsp3) is 0.333. The Hall–Kier alpha value is -3.16. The third-order valence-electron chi connectivity index (χ3n) is 4.90. The van der Waals surface area contributed by atoms with Gasteiger partial charge < -0.3 is 14.8 Å². The summed E-state index contributed by atoms with van der Waals surface area (Å²) in [6, 6.07) is 12.2. The maximum Gasteiger partial charge on any atom is 0.203 e. The molecular weight excluding hydrogens is 328 g/mol. The van der Waals surface area contributed by atoms with Crippen molar-refractivity contribution in [2.24, 2.45) is 0 Å². The van der Waals surface area contributed by atoms with Crippen molar-refractivity contribution >= 4 is 28.4 Å². The lowest BCUT2D eigenvalue weighted by molar-refractivity contribution is 0.768. The molecule has 0 amide bonds. The summed E-state index contributed by atoms with van der Waals surface area (Å²) < 4.78 is 1.80. The number of fused-ring (bicyclic) bond motifs is 2. The van der Waals surface area contributed by atoms with Gasteiger partial charge in [0.2, 0.25) is 5.95 Å². The Labute approximate surface area is 150 Å². The number of anilines is 2. The molecule has 0 saturated carbocycles. The molecule has 5 rings (SSSR count). The molecule has 4 aromatic rings. The second-order valence-electron chi connectivity index (χ2n) is 6.61. The van der Waals surface area contributed by atoms with E-state index in [9.17, 15) is 0 Å². The molecule has 0 radical (unpaired) electrons. The lowest BCUT2D eigenvalue weighted by Gasteiger charge is -2.22. The minimum atomic E-state index is 0.782. The predicted octanol–water partition coefficient (Wildman–Crippen LogP) is 2.03. The molecule has 1 fully saturated rings. The fourth-order valence-corrected chi connectivity index (χ4v) is 3.50. The fourth-order valence-electron chi connectivity index (χ4n) is 3.50. The molecule has 1 aliphatic heterocycles. The highest BCUT2D eigenvalue weighted by molar-refractivity contribution is 5.77. The molecule has 1 aromatic carbocycles. The van der Waals surface area contributed by atoms with Gasteiger partial charge in [0.1, 0.15) is 5.82 Å². The first-order chi connectivity index (χ1) is 12.8. The molecule has 1 N–H and O–H groups in total. The van der Waals surface area contributed by atoms with Crippen molar-refractivity contribution in [2.45, 2.75) is 13.3 Å². The lowest BCUT2D eigenvalue weighted by atomic mass is 10.3. The molecule has 0 atom stereocenters. The summed E-state index contributed by atoms with van der Waals surface area (Å²) in [5.74, 6) is 2.72. The molecular formula is C18H20N8. The van der Waals surface area contributed by atoms with E-state index in [1.165, 1.54) is 0 Å². The normalized spacial score (nSPS) is 15.7. The van der Waals surface area contributed by atoms with Gasteiger partial charge in [0.05, 0.1) is 11.0 Å². The van der Waals surface area contributed by atoms with Crippen molar-refractivity contribution < 1.29 is 0 Å². The number of hydrogen-bond donors (Lipinski definition) is 1. The van der Waals surface area contributed by atoms with Crippen LogP contribution >= 0.6 is 0 Å². The van der Waals surface area contributed by atoms with Crippen molar-refractivity contribution in [2.75, 3.05) is 36.0 Å². The lowest BCUT2D eigenvalue weighted by Crippen LogP contribution is -2.31. The first kappa shape index (κ1) is 15.1. The van der Waals surface area contributed by atoms with E-state index in [0.29, 0.717) is 0 Å². The van der Waals surface area contributed by atoms with Crippen LogP contribution in [0.4, 0.5) is 11.8 Å². The number of imidazole rings is 1. The smallest absolute Gasteiger partial charge is 0.203 e. The number of aromatic amines is 1. The topological polar surface area (TPSA) is 78.2 Å². The van der Waals surface area contributed by atoms with E-state index in [1.54, 1.807) is 4.52 Å². The van der Waals surface area contributed by atoms with Crippen molar-refractivity contribution in [1.82, 2.24) is 29.8 Å². The van der Waals surface area contributed by atoms with Gasteiger partial charge in [-0.15, -0.1) is 15.3 Å². The SMILES string of the molecule is Cc1nnc2ccc(N3CCCN(c4nc5ccccc5[nH]4)CC3)nn12. The highest BCUT2D eigenvalue weighted by atomic mass is 15.4. The summed E-state index contributed by atoms with van der Waals surface area (Å²) in [5.41, 5.74) is 2.88. The zero-order valence-electron chi connectivity index (χ0n) is 14.6. The van der Waals surface area contributed by atoms with E-state index < -0.39 is 0 Å². The molecule has 0 bridgehead atoms. The average Bonchev–Trinajstić information content (AvgIpc) is 3.17. The second kappa shape index (κ2) is 5.98. The van der Waals surface area contributed by atoms with Crippen LogP contribution in [0.1, 0.15) is 12.2 Å². The Kier molecular flexibility index (Phi) is 3.48. The van der Waals surface area contributed by atoms with Crippen LogP contribution in [0.5, 0.6) is 0 Å². The number of nitrogens with zero attached hydrogens (tertiary/aromatic N) is 7. The van der Waals surface area contributed by atoms with Gasteiger partial charge in [0.15, 0.2) is 11.5 Å². The number of para-hydroxylation sites is 2. The molecule has 0 spiro atoms. The van der Waals surface area contributed by atoms with E-state index >= 15 is 0 Å². The molecule has 4 heterocycles. The molecule has 3 aromatic heterocycles. The van der Waals surface area contributed by atoms with Gasteiger partial charge >= 0.3 is 0 Å². The summed E-state index contributed by atoms with van der Waals surface area (Å²) in [6.07, 6.45) is 1.05. The molecule has 132 valence electrons. The Bertz CT molecular complexity index is 1030. The van der Waals surface area contributed by atoms with E-state index in [1.807, 2.05) is 37.3 Å². The van der Waals surface area contributed by atoms with Gasteiger partial charge in [0, 0.05) is 26.2 Å². The number of aromatic nitrogens is 6. The Morgan fingerprint density at radius 2 is 1.77 bits per heavy atom. The first-order valence-corrected chi connectivity index (χ1v) is 8.92. The quantitative estimate of drug-likeness (QED) is 0.597. The largest absolute Gasteiger partial charge is 0.353 e. The molecule has 1 saturated heterocycles. The number of rotatable bonds is 2. The zero-order valence-corrected chi connectivity index (χ0v) is 14.6. The Morgan fingerprint density at radius 1 is 0.923 bits per heavy atom. The predicted molar refractivity (Wildman–Crippen MR) is 101 cm³/mol. The molecule has 26 heavy (non-hydrogen) atoms. The standard InChI is InChI=1S/C18H20N8/c1-13-21-22-16-7-8-17(23-26(13)16)24-9-4-10-25(12-11-24)18-19-14-5-2-3-6-15(14)20-18/h2-3,5-8H,4,9-12H2,1H3,(H,19,20). The van der Waals surface area contributed by atoms with E-state index in [0.717, 1.165) is 66.9 Å². The maximum absolute atomic E-state index is 4.74. The number of H-pyrrole nitrogens is 1. The zero-order chi connectivity index (χ0) is 17.5. The number of aryl methyl sites for hydroxylation is 1. The summed E-state index contributed by atoms with van der Waals surface area (Å²) in [5, 5.41) is 12.9. The number of nitrogens with one attached hydrogen (secondary N) is 1. The molecule has 0 aliphatic carbocycles. The van der Waals surface area contributed by atoms with Gasteiger partial charge in [-0.05, 0) is 37.6 Å². The highest BCUT2D eigenvalue weighted by Crippen LogP contribution is 2.20. The van der Waals surface area contributed by atoms with Gasteiger partial charge in [-0.1, -0.05) is 12.1 Å². The highest BCUT2D eigenvalue weighted by Gasteiger charge is 2.19. The van der Waals surface area contributed by atoms with Crippen molar-refractivity contribution in [1.29, 1.82) is 0 Å². The number of hydrogen-bond acceptors (Lipinski definition) is 6. The summed E-state index contributed by atoms with van der Waals surface area (Å²) in [6.45, 7) is 5.67. The van der Waals surface area contributed by atoms with Crippen LogP contribution in [0.15, 0.2) is 36.4 Å². The summed E-state index contributed by atoms with van der Waals surface area (Å²) in [7, 11) is 0. The molecule has 8 heteroatoms. The van der Waals surface area contributed by atoms with Gasteiger partial charge in [-0.3, -0.25) is 0 Å². The number of benzene rings is 1. The van der Waals surface area contributed by atoms with Crippen LogP contribution in [0, 0.1) is 6.92 Å².